The van der Waals surface area contributed by atoms with Crippen molar-refractivity contribution in [3.63, 3.8) is 0 Å². The third kappa shape index (κ3) is 3.28. The first-order valence-corrected chi connectivity index (χ1v) is 11.2. The van der Waals surface area contributed by atoms with Crippen LogP contribution in [0.25, 0.3) is 22.8 Å². The molecule has 6 heteroatoms. The smallest absolute Gasteiger partial charge is 0.255 e. The third-order valence-corrected chi connectivity index (χ3v) is 6.60. The molecule has 2 aliphatic rings. The van der Waals surface area contributed by atoms with E-state index in [1.54, 1.807) is 6.20 Å². The normalized spacial score (nSPS) is 16.9. The van der Waals surface area contributed by atoms with Gasteiger partial charge in [-0.3, -0.25) is 4.79 Å². The summed E-state index contributed by atoms with van der Waals surface area (Å²) in [6.07, 6.45) is 5.57. The maximum absolute atomic E-state index is 12.8. The van der Waals surface area contributed by atoms with Crippen molar-refractivity contribution >= 4 is 0 Å². The second-order valence-electron chi connectivity index (χ2n) is 8.68. The molecule has 1 aliphatic carbocycles. The van der Waals surface area contributed by atoms with Crippen LogP contribution in [0.15, 0.2) is 70.0 Å². The third-order valence-electron chi connectivity index (χ3n) is 6.60. The first-order chi connectivity index (χ1) is 15.7. The SMILES string of the molecule is O=c1[nH]c(C2(c3cccc(-c4cnc(-c5ccccc5)o4)c3)CC2)nc2c1CNCCC2. The van der Waals surface area contributed by atoms with E-state index in [4.69, 9.17) is 9.40 Å². The van der Waals surface area contributed by atoms with Gasteiger partial charge in [-0.1, -0.05) is 36.4 Å². The molecule has 0 bridgehead atoms. The standard InChI is InChI=1S/C26H24N4O2/c31-23-20-15-27-13-5-10-21(20)29-25(30-23)26(11-12-26)19-9-4-8-18(14-19)22-16-28-24(32-22)17-6-2-1-3-7-17/h1-4,6-9,14,16,27H,5,10-13,15H2,(H,29,30,31). The van der Waals surface area contributed by atoms with Crippen molar-refractivity contribution in [3.05, 3.63) is 93.8 Å². The van der Waals surface area contributed by atoms with E-state index < -0.39 is 0 Å². The number of nitrogens with zero attached hydrogens (tertiary/aromatic N) is 2. The highest BCUT2D eigenvalue weighted by atomic mass is 16.4. The van der Waals surface area contributed by atoms with E-state index in [0.717, 1.165) is 71.8 Å². The van der Waals surface area contributed by atoms with E-state index in [2.05, 4.69) is 27.4 Å². The van der Waals surface area contributed by atoms with Crippen molar-refractivity contribution in [1.82, 2.24) is 20.3 Å². The number of rotatable bonds is 4. The van der Waals surface area contributed by atoms with Crippen molar-refractivity contribution in [1.29, 1.82) is 0 Å². The molecule has 0 amide bonds. The Balaban J connectivity index is 1.36. The van der Waals surface area contributed by atoms with E-state index in [-0.39, 0.29) is 11.0 Å². The Labute approximate surface area is 185 Å². The van der Waals surface area contributed by atoms with Gasteiger partial charge in [0.15, 0.2) is 5.76 Å². The van der Waals surface area contributed by atoms with Gasteiger partial charge < -0.3 is 14.7 Å². The van der Waals surface area contributed by atoms with Crippen LogP contribution in [0.2, 0.25) is 0 Å². The number of oxazole rings is 1. The molecule has 6 nitrogen and oxygen atoms in total. The van der Waals surface area contributed by atoms with Crippen LogP contribution in [-0.2, 0) is 18.4 Å². The summed E-state index contributed by atoms with van der Waals surface area (Å²) in [6.45, 7) is 1.51. The van der Waals surface area contributed by atoms with Gasteiger partial charge in [-0.05, 0) is 56.0 Å². The zero-order valence-corrected chi connectivity index (χ0v) is 17.7. The predicted octanol–water partition coefficient (Wildman–Crippen LogP) is 4.21. The van der Waals surface area contributed by atoms with Crippen LogP contribution < -0.4 is 10.9 Å². The van der Waals surface area contributed by atoms with Crippen molar-refractivity contribution in [2.45, 2.75) is 37.6 Å². The predicted molar refractivity (Wildman–Crippen MR) is 122 cm³/mol. The van der Waals surface area contributed by atoms with E-state index >= 15 is 0 Å². The minimum Gasteiger partial charge on any atom is -0.436 e. The number of hydrogen-bond acceptors (Lipinski definition) is 5. The fraction of sp³-hybridized carbons (Fsp3) is 0.269. The highest BCUT2D eigenvalue weighted by molar-refractivity contribution is 5.63. The molecule has 1 aliphatic heterocycles. The Morgan fingerprint density at radius 2 is 1.84 bits per heavy atom. The minimum absolute atomic E-state index is 0.00966. The quantitative estimate of drug-likeness (QED) is 0.513. The zero-order valence-electron chi connectivity index (χ0n) is 17.7. The molecule has 0 saturated heterocycles. The molecular weight excluding hydrogens is 400 g/mol. The summed E-state index contributed by atoms with van der Waals surface area (Å²) in [5.41, 5.74) is 4.57. The molecule has 0 atom stereocenters. The lowest BCUT2D eigenvalue weighted by atomic mass is 9.92. The van der Waals surface area contributed by atoms with Crippen LogP contribution in [0.4, 0.5) is 0 Å². The van der Waals surface area contributed by atoms with Gasteiger partial charge in [0.1, 0.15) is 5.82 Å². The lowest BCUT2D eigenvalue weighted by Gasteiger charge is -2.17. The number of fused-ring (bicyclic) bond motifs is 1. The van der Waals surface area contributed by atoms with E-state index in [9.17, 15) is 4.79 Å². The van der Waals surface area contributed by atoms with Gasteiger partial charge in [0.25, 0.3) is 5.56 Å². The maximum Gasteiger partial charge on any atom is 0.255 e. The lowest BCUT2D eigenvalue weighted by Crippen LogP contribution is -2.26. The largest absolute Gasteiger partial charge is 0.436 e. The molecule has 3 heterocycles. The molecule has 6 rings (SSSR count). The Hall–Kier alpha value is -3.51. The topological polar surface area (TPSA) is 83.8 Å². The minimum atomic E-state index is -0.230. The molecule has 2 aromatic carbocycles. The first kappa shape index (κ1) is 19.2. The number of hydrogen-bond donors (Lipinski definition) is 2. The summed E-state index contributed by atoms with van der Waals surface area (Å²) in [6, 6.07) is 18.2. The Kier molecular flexibility index (Phi) is 4.54. The number of nitrogens with one attached hydrogen (secondary N) is 2. The fourth-order valence-corrected chi connectivity index (χ4v) is 4.63. The van der Waals surface area contributed by atoms with Crippen LogP contribution in [0.3, 0.4) is 0 Å². The molecule has 2 N–H and O–H groups in total. The van der Waals surface area contributed by atoms with Gasteiger partial charge in [0.2, 0.25) is 5.89 Å². The van der Waals surface area contributed by atoms with Crippen molar-refractivity contribution in [2.24, 2.45) is 0 Å². The zero-order chi connectivity index (χ0) is 21.5. The summed E-state index contributed by atoms with van der Waals surface area (Å²) in [5.74, 6) is 2.14. The van der Waals surface area contributed by atoms with E-state index in [1.165, 1.54) is 0 Å². The second kappa shape index (κ2) is 7.57. The van der Waals surface area contributed by atoms with Crippen LogP contribution in [-0.4, -0.2) is 21.5 Å². The lowest BCUT2D eigenvalue weighted by molar-refractivity contribution is 0.588. The van der Waals surface area contributed by atoms with Crippen LogP contribution in [0.1, 0.15) is 41.9 Å². The van der Waals surface area contributed by atoms with Gasteiger partial charge in [-0.15, -0.1) is 0 Å². The Morgan fingerprint density at radius 1 is 1.00 bits per heavy atom. The molecule has 1 fully saturated rings. The summed E-state index contributed by atoms with van der Waals surface area (Å²) < 4.78 is 6.07. The van der Waals surface area contributed by atoms with Crippen LogP contribution in [0.5, 0.6) is 0 Å². The van der Waals surface area contributed by atoms with Crippen molar-refractivity contribution in [3.8, 4) is 22.8 Å². The molecule has 1 saturated carbocycles. The molecule has 0 spiro atoms. The average molecular weight is 425 g/mol. The average Bonchev–Trinajstić information content (AvgIpc) is 3.56. The highest BCUT2D eigenvalue weighted by Gasteiger charge is 2.48. The van der Waals surface area contributed by atoms with Gasteiger partial charge in [0.05, 0.1) is 22.9 Å². The molecule has 4 aromatic rings. The summed E-state index contributed by atoms with van der Waals surface area (Å²) in [7, 11) is 0. The summed E-state index contributed by atoms with van der Waals surface area (Å²) in [4.78, 5) is 25.3. The van der Waals surface area contributed by atoms with E-state index in [1.807, 2.05) is 42.5 Å². The highest BCUT2D eigenvalue weighted by Crippen LogP contribution is 2.52. The summed E-state index contributed by atoms with van der Waals surface area (Å²) >= 11 is 0. The van der Waals surface area contributed by atoms with Gasteiger partial charge in [0, 0.05) is 17.7 Å². The molecule has 160 valence electrons. The maximum atomic E-state index is 12.8. The first-order valence-electron chi connectivity index (χ1n) is 11.2. The molecule has 32 heavy (non-hydrogen) atoms. The van der Waals surface area contributed by atoms with Crippen molar-refractivity contribution in [2.75, 3.05) is 6.54 Å². The second-order valence-corrected chi connectivity index (χ2v) is 8.68. The number of aryl methyl sites for hydroxylation is 1. The number of aromatic nitrogens is 3. The van der Waals surface area contributed by atoms with Gasteiger partial charge in [-0.25, -0.2) is 9.97 Å². The van der Waals surface area contributed by atoms with Crippen LogP contribution >= 0.6 is 0 Å². The summed E-state index contributed by atoms with van der Waals surface area (Å²) in [5, 5.41) is 3.31. The number of H-pyrrole nitrogens is 1. The number of benzene rings is 2. The van der Waals surface area contributed by atoms with Gasteiger partial charge >= 0.3 is 0 Å². The van der Waals surface area contributed by atoms with Gasteiger partial charge in [-0.2, -0.15) is 0 Å². The monoisotopic (exact) mass is 424 g/mol. The fourth-order valence-electron chi connectivity index (χ4n) is 4.63. The Bertz CT molecular complexity index is 1340. The Morgan fingerprint density at radius 3 is 2.69 bits per heavy atom. The van der Waals surface area contributed by atoms with Crippen LogP contribution in [0, 0.1) is 0 Å². The number of aromatic amines is 1. The van der Waals surface area contributed by atoms with Crippen molar-refractivity contribution < 1.29 is 4.42 Å². The molecule has 2 aromatic heterocycles. The molecule has 0 unspecified atom stereocenters. The van der Waals surface area contributed by atoms with E-state index in [0.29, 0.717) is 12.4 Å². The molecule has 0 radical (unpaired) electrons. The molecular formula is C26H24N4O2.